The highest BCUT2D eigenvalue weighted by atomic mass is 16.1. The second-order valence-corrected chi connectivity index (χ2v) is 5.00. The molecule has 4 N–H and O–H groups in total. The van der Waals surface area contributed by atoms with Gasteiger partial charge in [-0.3, -0.25) is 0 Å². The molecule has 0 unspecified atom stereocenters. The largest absolute Gasteiger partial charge is 0.330 e. The second kappa shape index (κ2) is 3.79. The smallest absolute Gasteiger partial charge is 0.323 e. The Bertz CT molecular complexity index is 551. The molecule has 2 aromatic rings. The summed E-state index contributed by atoms with van der Waals surface area (Å²) in [7, 11) is 0. The van der Waals surface area contributed by atoms with Gasteiger partial charge in [0.15, 0.2) is 0 Å². The van der Waals surface area contributed by atoms with Crippen molar-refractivity contribution in [2.75, 3.05) is 6.54 Å². The summed E-state index contributed by atoms with van der Waals surface area (Å²) in [6.45, 7) is 4.92. The van der Waals surface area contributed by atoms with Gasteiger partial charge in [0.2, 0.25) is 0 Å². The van der Waals surface area contributed by atoms with E-state index in [1.54, 1.807) is 0 Å². The van der Waals surface area contributed by atoms with Crippen LogP contribution in [0.15, 0.2) is 23.0 Å². The number of rotatable bonds is 3. The number of aromatic amines is 2. The van der Waals surface area contributed by atoms with Crippen molar-refractivity contribution in [1.82, 2.24) is 9.97 Å². The molecular weight excluding hydrogens is 202 g/mol. The number of hydrogen-bond donors (Lipinski definition) is 3. The number of aromatic nitrogens is 2. The molecule has 4 nitrogen and oxygen atoms in total. The first kappa shape index (κ1) is 11.0. The zero-order chi connectivity index (χ0) is 11.8. The zero-order valence-electron chi connectivity index (χ0n) is 9.63. The third-order valence-corrected chi connectivity index (χ3v) is 2.82. The number of benzene rings is 1. The highest BCUT2D eigenvalue weighted by Gasteiger charge is 2.16. The van der Waals surface area contributed by atoms with Gasteiger partial charge in [0.25, 0.3) is 0 Å². The van der Waals surface area contributed by atoms with Crippen molar-refractivity contribution in [1.29, 1.82) is 0 Å². The molecule has 0 saturated carbocycles. The fourth-order valence-corrected chi connectivity index (χ4v) is 1.81. The zero-order valence-corrected chi connectivity index (χ0v) is 9.63. The van der Waals surface area contributed by atoms with E-state index in [0.29, 0.717) is 6.54 Å². The summed E-state index contributed by atoms with van der Waals surface area (Å²) < 4.78 is 0. The summed E-state index contributed by atoms with van der Waals surface area (Å²) in [6, 6.07) is 5.96. The van der Waals surface area contributed by atoms with E-state index >= 15 is 0 Å². The summed E-state index contributed by atoms with van der Waals surface area (Å²) in [6.07, 6.45) is 0.909. The van der Waals surface area contributed by atoms with Crippen LogP contribution >= 0.6 is 0 Å². The number of nitrogens with two attached hydrogens (primary N) is 1. The van der Waals surface area contributed by atoms with Crippen molar-refractivity contribution in [3.63, 3.8) is 0 Å². The van der Waals surface area contributed by atoms with Crippen LogP contribution in [-0.4, -0.2) is 16.5 Å². The Morgan fingerprint density at radius 1 is 1.25 bits per heavy atom. The van der Waals surface area contributed by atoms with Gasteiger partial charge in [-0.1, -0.05) is 19.9 Å². The van der Waals surface area contributed by atoms with Gasteiger partial charge in [0, 0.05) is 0 Å². The molecule has 4 heteroatoms. The Hall–Kier alpha value is -1.55. The Morgan fingerprint density at radius 2 is 1.94 bits per heavy atom. The summed E-state index contributed by atoms with van der Waals surface area (Å²) in [5.41, 5.74) is 8.53. The molecule has 2 rings (SSSR count). The van der Waals surface area contributed by atoms with E-state index in [-0.39, 0.29) is 11.1 Å². The molecule has 0 atom stereocenters. The van der Waals surface area contributed by atoms with Crippen LogP contribution in [0.5, 0.6) is 0 Å². The van der Waals surface area contributed by atoms with Crippen molar-refractivity contribution < 1.29 is 0 Å². The average molecular weight is 219 g/mol. The van der Waals surface area contributed by atoms with Crippen molar-refractivity contribution in [3.05, 3.63) is 34.2 Å². The van der Waals surface area contributed by atoms with Crippen LogP contribution in [0.4, 0.5) is 0 Å². The van der Waals surface area contributed by atoms with Crippen LogP contribution in [0, 0.1) is 5.41 Å². The Labute approximate surface area is 93.9 Å². The third kappa shape index (κ3) is 2.17. The van der Waals surface area contributed by atoms with E-state index < -0.39 is 0 Å². The minimum absolute atomic E-state index is 0.0876. The lowest BCUT2D eigenvalue weighted by atomic mass is 9.86. The number of imidazole rings is 1. The predicted octanol–water partition coefficient (Wildman–Crippen LogP) is 1.38. The highest BCUT2D eigenvalue weighted by molar-refractivity contribution is 5.75. The van der Waals surface area contributed by atoms with E-state index in [2.05, 4.69) is 23.8 Å². The van der Waals surface area contributed by atoms with Gasteiger partial charge in [0.1, 0.15) is 0 Å². The molecule has 0 radical (unpaired) electrons. The van der Waals surface area contributed by atoms with Crippen LogP contribution in [-0.2, 0) is 6.42 Å². The monoisotopic (exact) mass is 219 g/mol. The maximum atomic E-state index is 11.1. The van der Waals surface area contributed by atoms with Gasteiger partial charge >= 0.3 is 5.69 Å². The lowest BCUT2D eigenvalue weighted by Crippen LogP contribution is -2.25. The molecule has 0 saturated heterocycles. The van der Waals surface area contributed by atoms with E-state index in [0.717, 1.165) is 17.5 Å². The maximum absolute atomic E-state index is 11.1. The lowest BCUT2D eigenvalue weighted by Gasteiger charge is -2.22. The first-order valence-electron chi connectivity index (χ1n) is 5.41. The van der Waals surface area contributed by atoms with Crippen molar-refractivity contribution in [2.24, 2.45) is 11.1 Å². The average Bonchev–Trinajstić information content (AvgIpc) is 2.57. The number of H-pyrrole nitrogens is 2. The quantitative estimate of drug-likeness (QED) is 0.729. The lowest BCUT2D eigenvalue weighted by molar-refractivity contribution is 0.377. The Balaban J connectivity index is 2.36. The number of nitrogens with one attached hydrogen (secondary N) is 2. The van der Waals surface area contributed by atoms with E-state index in [1.807, 2.05) is 18.2 Å². The van der Waals surface area contributed by atoms with E-state index in [9.17, 15) is 4.79 Å². The van der Waals surface area contributed by atoms with E-state index in [1.165, 1.54) is 5.56 Å². The first-order valence-corrected chi connectivity index (χ1v) is 5.41. The minimum atomic E-state index is -0.162. The molecule has 0 fully saturated rings. The fraction of sp³-hybridized carbons (Fsp3) is 0.417. The van der Waals surface area contributed by atoms with Crippen LogP contribution in [0.2, 0.25) is 0 Å². The molecule has 0 aliphatic heterocycles. The molecule has 0 spiro atoms. The number of fused-ring (bicyclic) bond motifs is 1. The standard InChI is InChI=1S/C12H17N3O/c1-12(2,7-13)6-8-3-4-9-10(5-8)15-11(16)14-9/h3-5H,6-7,13H2,1-2H3,(H2,14,15,16). The van der Waals surface area contributed by atoms with Crippen LogP contribution in [0.25, 0.3) is 11.0 Å². The summed E-state index contributed by atoms with van der Waals surface area (Å²) >= 11 is 0. The van der Waals surface area contributed by atoms with Gasteiger partial charge in [-0.15, -0.1) is 0 Å². The van der Waals surface area contributed by atoms with E-state index in [4.69, 9.17) is 5.73 Å². The Morgan fingerprint density at radius 3 is 2.62 bits per heavy atom. The molecule has 86 valence electrons. The molecule has 0 amide bonds. The van der Waals surface area contributed by atoms with Gasteiger partial charge in [-0.25, -0.2) is 4.79 Å². The van der Waals surface area contributed by atoms with Crippen molar-refractivity contribution in [2.45, 2.75) is 20.3 Å². The molecule has 0 aliphatic rings. The molecule has 1 aromatic carbocycles. The Kier molecular flexibility index (Phi) is 2.59. The fourth-order valence-electron chi connectivity index (χ4n) is 1.81. The normalized spacial score (nSPS) is 12.2. The van der Waals surface area contributed by atoms with Crippen LogP contribution < -0.4 is 11.4 Å². The maximum Gasteiger partial charge on any atom is 0.323 e. The highest BCUT2D eigenvalue weighted by Crippen LogP contribution is 2.21. The molecule has 16 heavy (non-hydrogen) atoms. The molecule has 1 heterocycles. The topological polar surface area (TPSA) is 74.7 Å². The van der Waals surface area contributed by atoms with Crippen molar-refractivity contribution in [3.8, 4) is 0 Å². The molecule has 0 bridgehead atoms. The van der Waals surface area contributed by atoms with Gasteiger partial charge in [-0.05, 0) is 36.1 Å². The van der Waals surface area contributed by atoms with Gasteiger partial charge in [0.05, 0.1) is 11.0 Å². The summed E-state index contributed by atoms with van der Waals surface area (Å²) in [5, 5.41) is 0. The first-order chi connectivity index (χ1) is 7.50. The summed E-state index contributed by atoms with van der Waals surface area (Å²) in [5.74, 6) is 0. The second-order valence-electron chi connectivity index (χ2n) is 5.00. The summed E-state index contributed by atoms with van der Waals surface area (Å²) in [4.78, 5) is 16.6. The van der Waals surface area contributed by atoms with Gasteiger partial charge in [-0.2, -0.15) is 0 Å². The van der Waals surface area contributed by atoms with Crippen LogP contribution in [0.3, 0.4) is 0 Å². The SMILES string of the molecule is CC(C)(CN)Cc1ccc2[nH]c(=O)[nH]c2c1. The predicted molar refractivity (Wildman–Crippen MR) is 65.5 cm³/mol. The van der Waals surface area contributed by atoms with Gasteiger partial charge < -0.3 is 15.7 Å². The molecule has 0 aliphatic carbocycles. The molecule has 1 aromatic heterocycles. The third-order valence-electron chi connectivity index (χ3n) is 2.82. The van der Waals surface area contributed by atoms with Crippen molar-refractivity contribution >= 4 is 11.0 Å². The van der Waals surface area contributed by atoms with Crippen LogP contribution in [0.1, 0.15) is 19.4 Å². The molecular formula is C12H17N3O. The number of hydrogen-bond acceptors (Lipinski definition) is 2. The minimum Gasteiger partial charge on any atom is -0.330 e.